The van der Waals surface area contributed by atoms with E-state index in [1.54, 1.807) is 0 Å². The number of aliphatic hydroxyl groups excluding tert-OH is 1. The van der Waals surface area contributed by atoms with Gasteiger partial charge in [0.2, 0.25) is 0 Å². The zero-order valence-electron chi connectivity index (χ0n) is 14.0. The number of hydrogen-bond acceptors (Lipinski definition) is 4. The van der Waals surface area contributed by atoms with Gasteiger partial charge in [0.15, 0.2) is 0 Å². The summed E-state index contributed by atoms with van der Waals surface area (Å²) in [6, 6.07) is 6.75. The third-order valence-corrected chi connectivity index (χ3v) is 4.98. The fraction of sp³-hybridized carbons (Fsp3) is 0.684. The zero-order chi connectivity index (χ0) is 15.9. The molecule has 3 rings (SSSR count). The second kappa shape index (κ2) is 8.55. The van der Waals surface area contributed by atoms with Crippen LogP contribution in [0.25, 0.3) is 0 Å². The molecule has 1 aliphatic heterocycles. The number of rotatable bonds is 6. The summed E-state index contributed by atoms with van der Waals surface area (Å²) in [4.78, 5) is 0. The van der Waals surface area contributed by atoms with Gasteiger partial charge in [-0.15, -0.1) is 0 Å². The van der Waals surface area contributed by atoms with Gasteiger partial charge < -0.3 is 20.5 Å². The average molecular weight is 318 g/mol. The molecule has 1 saturated carbocycles. The van der Waals surface area contributed by atoms with Crippen molar-refractivity contribution < 1.29 is 9.84 Å². The van der Waals surface area contributed by atoms with E-state index in [2.05, 4.69) is 16.7 Å². The number of nitrogens with one attached hydrogen (secondary N) is 2. The maximum absolute atomic E-state index is 10.2. The van der Waals surface area contributed by atoms with Crippen LogP contribution in [0.2, 0.25) is 0 Å². The van der Waals surface area contributed by atoms with Gasteiger partial charge in [-0.25, -0.2) is 0 Å². The molecule has 1 unspecified atom stereocenters. The Kier molecular flexibility index (Phi) is 6.17. The highest BCUT2D eigenvalue weighted by Gasteiger charge is 2.16. The van der Waals surface area contributed by atoms with Crippen molar-refractivity contribution in [1.29, 1.82) is 0 Å². The van der Waals surface area contributed by atoms with E-state index in [1.165, 1.54) is 56.2 Å². The Balaban J connectivity index is 1.47. The fourth-order valence-electron chi connectivity index (χ4n) is 3.63. The van der Waals surface area contributed by atoms with Gasteiger partial charge in [0, 0.05) is 30.4 Å². The Morgan fingerprint density at radius 2 is 2.04 bits per heavy atom. The van der Waals surface area contributed by atoms with Crippen LogP contribution in [0.15, 0.2) is 18.2 Å². The predicted molar refractivity (Wildman–Crippen MR) is 94.2 cm³/mol. The van der Waals surface area contributed by atoms with Crippen molar-refractivity contribution in [3.05, 3.63) is 23.8 Å². The summed E-state index contributed by atoms with van der Waals surface area (Å²) in [5.41, 5.74) is 2.45. The number of benzene rings is 1. The molecule has 0 amide bonds. The van der Waals surface area contributed by atoms with Crippen LogP contribution < -0.4 is 15.4 Å². The van der Waals surface area contributed by atoms with E-state index in [1.807, 2.05) is 12.1 Å². The molecule has 0 bridgehead atoms. The van der Waals surface area contributed by atoms with Gasteiger partial charge in [-0.3, -0.25) is 0 Å². The van der Waals surface area contributed by atoms with Crippen molar-refractivity contribution in [3.63, 3.8) is 0 Å². The Morgan fingerprint density at radius 1 is 1.17 bits per heavy atom. The second-order valence-electron chi connectivity index (χ2n) is 6.87. The summed E-state index contributed by atoms with van der Waals surface area (Å²) in [6.07, 6.45) is 9.45. The van der Waals surface area contributed by atoms with Gasteiger partial charge in [0.25, 0.3) is 0 Å². The third-order valence-electron chi connectivity index (χ3n) is 4.98. The average Bonchev–Trinajstić information content (AvgIpc) is 2.85. The van der Waals surface area contributed by atoms with Gasteiger partial charge in [-0.2, -0.15) is 0 Å². The lowest BCUT2D eigenvalue weighted by molar-refractivity contribution is 0.101. The maximum atomic E-state index is 10.2. The lowest BCUT2D eigenvalue weighted by atomic mass is 9.95. The smallest absolute Gasteiger partial charge is 0.124 e. The van der Waals surface area contributed by atoms with Crippen LogP contribution in [0, 0.1) is 0 Å². The molecule has 0 radical (unpaired) electrons. The van der Waals surface area contributed by atoms with Crippen molar-refractivity contribution in [1.82, 2.24) is 5.32 Å². The van der Waals surface area contributed by atoms with E-state index >= 15 is 0 Å². The van der Waals surface area contributed by atoms with E-state index < -0.39 is 6.10 Å². The number of hydrogen-bond donors (Lipinski definition) is 3. The number of ether oxygens (including phenoxy) is 1. The van der Waals surface area contributed by atoms with E-state index in [0.29, 0.717) is 19.2 Å². The first-order chi connectivity index (χ1) is 11.3. The second-order valence-corrected chi connectivity index (χ2v) is 6.87. The molecule has 1 heterocycles. The van der Waals surface area contributed by atoms with Crippen molar-refractivity contribution in [2.75, 3.05) is 25.0 Å². The topological polar surface area (TPSA) is 53.5 Å². The first kappa shape index (κ1) is 16.6. The minimum Gasteiger partial charge on any atom is -0.490 e. The highest BCUT2D eigenvalue weighted by Crippen LogP contribution is 2.30. The standard InChI is InChI=1S/C19H30N2O2/c22-16(13-21-15-7-2-1-3-8-15)14-23-19-11-6-10-18-17(19)9-4-5-12-20-18/h6,10-11,15-16,20-22H,1-5,7-9,12-14H2. The maximum Gasteiger partial charge on any atom is 0.124 e. The molecule has 1 aromatic rings. The Bertz CT molecular complexity index is 486. The highest BCUT2D eigenvalue weighted by atomic mass is 16.5. The lowest BCUT2D eigenvalue weighted by Crippen LogP contribution is -2.39. The first-order valence-electron chi connectivity index (χ1n) is 9.23. The Morgan fingerprint density at radius 3 is 2.91 bits per heavy atom. The summed E-state index contributed by atoms with van der Waals surface area (Å²) < 4.78 is 5.93. The SMILES string of the molecule is OC(CNC1CCCCC1)COc1cccc2c1CCCCN2. The van der Waals surface area contributed by atoms with Gasteiger partial charge in [0.05, 0.1) is 0 Å². The van der Waals surface area contributed by atoms with Crippen molar-refractivity contribution in [2.45, 2.75) is 63.5 Å². The molecular weight excluding hydrogens is 288 g/mol. The lowest BCUT2D eigenvalue weighted by Gasteiger charge is -2.24. The first-order valence-corrected chi connectivity index (χ1v) is 9.23. The Labute approximate surface area is 139 Å². The third kappa shape index (κ3) is 4.85. The molecule has 1 fully saturated rings. The minimum absolute atomic E-state index is 0.357. The molecule has 3 N–H and O–H groups in total. The molecule has 2 aliphatic rings. The van der Waals surface area contributed by atoms with Crippen LogP contribution in [0.4, 0.5) is 5.69 Å². The molecule has 0 spiro atoms. The molecule has 4 heteroatoms. The van der Waals surface area contributed by atoms with Crippen LogP contribution >= 0.6 is 0 Å². The molecule has 128 valence electrons. The summed E-state index contributed by atoms with van der Waals surface area (Å²) in [6.45, 7) is 2.01. The molecular formula is C19H30N2O2. The summed E-state index contributed by atoms with van der Waals surface area (Å²) in [5, 5.41) is 17.2. The van der Waals surface area contributed by atoms with Crippen LogP contribution in [-0.4, -0.2) is 36.9 Å². The minimum atomic E-state index is -0.452. The molecule has 4 nitrogen and oxygen atoms in total. The highest BCUT2D eigenvalue weighted by molar-refractivity contribution is 5.58. The van der Waals surface area contributed by atoms with Crippen LogP contribution in [0.5, 0.6) is 5.75 Å². The molecule has 0 aromatic heterocycles. The van der Waals surface area contributed by atoms with E-state index in [-0.39, 0.29) is 0 Å². The fourth-order valence-corrected chi connectivity index (χ4v) is 3.63. The number of fused-ring (bicyclic) bond motifs is 1. The van der Waals surface area contributed by atoms with Crippen LogP contribution in [0.1, 0.15) is 50.5 Å². The summed E-state index contributed by atoms with van der Waals surface area (Å²) in [5.74, 6) is 0.925. The molecule has 23 heavy (non-hydrogen) atoms. The van der Waals surface area contributed by atoms with Gasteiger partial charge >= 0.3 is 0 Å². The van der Waals surface area contributed by atoms with Crippen molar-refractivity contribution in [3.8, 4) is 5.75 Å². The quantitative estimate of drug-likeness (QED) is 0.754. The van der Waals surface area contributed by atoms with E-state index in [0.717, 1.165) is 18.7 Å². The summed E-state index contributed by atoms with van der Waals surface area (Å²) >= 11 is 0. The monoisotopic (exact) mass is 318 g/mol. The normalized spacial score (nSPS) is 20.2. The van der Waals surface area contributed by atoms with Crippen molar-refractivity contribution in [2.24, 2.45) is 0 Å². The molecule has 1 atom stereocenters. The Hall–Kier alpha value is -1.26. The van der Waals surface area contributed by atoms with Gasteiger partial charge in [-0.1, -0.05) is 25.3 Å². The molecule has 1 aliphatic carbocycles. The van der Waals surface area contributed by atoms with Gasteiger partial charge in [-0.05, 0) is 44.2 Å². The zero-order valence-corrected chi connectivity index (χ0v) is 14.0. The van der Waals surface area contributed by atoms with Crippen LogP contribution in [0.3, 0.4) is 0 Å². The molecule has 1 aromatic carbocycles. The predicted octanol–water partition coefficient (Wildman–Crippen LogP) is 3.10. The number of anilines is 1. The van der Waals surface area contributed by atoms with E-state index in [4.69, 9.17) is 4.74 Å². The molecule has 0 saturated heterocycles. The number of aliphatic hydroxyl groups is 1. The van der Waals surface area contributed by atoms with E-state index in [9.17, 15) is 5.11 Å². The van der Waals surface area contributed by atoms with Gasteiger partial charge in [0.1, 0.15) is 18.5 Å². The van der Waals surface area contributed by atoms with Crippen LogP contribution in [-0.2, 0) is 6.42 Å². The van der Waals surface area contributed by atoms with Crippen molar-refractivity contribution >= 4 is 5.69 Å². The summed E-state index contributed by atoms with van der Waals surface area (Å²) in [7, 11) is 0. The largest absolute Gasteiger partial charge is 0.490 e.